The molecule has 2 rings (SSSR count). The van der Waals surface area contributed by atoms with Gasteiger partial charge in [0.05, 0.1) is 22.5 Å². The van der Waals surface area contributed by atoms with Crippen LogP contribution in [0.3, 0.4) is 0 Å². The SMILES string of the molecule is O=C(O)c1cc(N/N=C/c2cccc(Br)c2)ccc1Cl. The minimum atomic E-state index is -1.07. The molecule has 0 saturated heterocycles. The van der Waals surface area contributed by atoms with Crippen molar-refractivity contribution in [3.63, 3.8) is 0 Å². The number of carboxylic acid groups (broad SMARTS) is 1. The topological polar surface area (TPSA) is 61.7 Å². The third-order valence-corrected chi connectivity index (χ3v) is 3.28. The van der Waals surface area contributed by atoms with Gasteiger partial charge in [-0.2, -0.15) is 5.10 Å². The number of halogens is 2. The molecule has 0 aliphatic heterocycles. The number of aromatic carboxylic acids is 1. The number of hydrazone groups is 1. The van der Waals surface area contributed by atoms with E-state index >= 15 is 0 Å². The van der Waals surface area contributed by atoms with Crippen molar-refractivity contribution in [3.05, 3.63) is 63.1 Å². The molecule has 0 heterocycles. The van der Waals surface area contributed by atoms with E-state index in [2.05, 4.69) is 26.5 Å². The first-order chi connectivity index (χ1) is 9.56. The second-order valence-electron chi connectivity index (χ2n) is 3.92. The normalized spacial score (nSPS) is 10.7. The molecule has 0 fully saturated rings. The number of carbonyl (C=O) groups is 1. The molecule has 0 amide bonds. The highest BCUT2D eigenvalue weighted by Gasteiger charge is 2.08. The summed E-state index contributed by atoms with van der Waals surface area (Å²) in [5.74, 6) is -1.07. The molecule has 6 heteroatoms. The molecular weight excluding hydrogens is 344 g/mol. The summed E-state index contributed by atoms with van der Waals surface area (Å²) in [6.07, 6.45) is 1.64. The molecule has 0 unspecified atom stereocenters. The molecule has 4 nitrogen and oxygen atoms in total. The maximum absolute atomic E-state index is 11.0. The summed E-state index contributed by atoms with van der Waals surface area (Å²) < 4.78 is 0.959. The number of nitrogens with one attached hydrogen (secondary N) is 1. The highest BCUT2D eigenvalue weighted by Crippen LogP contribution is 2.20. The fourth-order valence-corrected chi connectivity index (χ4v) is 2.14. The van der Waals surface area contributed by atoms with E-state index in [1.807, 2.05) is 24.3 Å². The fourth-order valence-electron chi connectivity index (χ4n) is 1.53. The van der Waals surface area contributed by atoms with Crippen molar-refractivity contribution in [2.75, 3.05) is 5.43 Å². The van der Waals surface area contributed by atoms with Gasteiger partial charge in [-0.3, -0.25) is 5.43 Å². The van der Waals surface area contributed by atoms with Crippen LogP contribution in [0, 0.1) is 0 Å². The van der Waals surface area contributed by atoms with E-state index < -0.39 is 5.97 Å². The van der Waals surface area contributed by atoms with Crippen LogP contribution in [0.15, 0.2) is 52.0 Å². The predicted octanol–water partition coefficient (Wildman–Crippen LogP) is 4.25. The summed E-state index contributed by atoms with van der Waals surface area (Å²) in [5, 5.41) is 13.2. The summed E-state index contributed by atoms with van der Waals surface area (Å²) in [6.45, 7) is 0. The summed E-state index contributed by atoms with van der Waals surface area (Å²) in [6, 6.07) is 12.2. The van der Waals surface area contributed by atoms with Gasteiger partial charge < -0.3 is 5.11 Å². The average Bonchev–Trinajstić information content (AvgIpc) is 2.40. The minimum Gasteiger partial charge on any atom is -0.478 e. The minimum absolute atomic E-state index is 0.0364. The third-order valence-electron chi connectivity index (χ3n) is 2.45. The van der Waals surface area contributed by atoms with Gasteiger partial charge in [-0.25, -0.2) is 4.79 Å². The molecule has 0 spiro atoms. The van der Waals surface area contributed by atoms with Gasteiger partial charge in [-0.15, -0.1) is 0 Å². The van der Waals surface area contributed by atoms with Crippen molar-refractivity contribution < 1.29 is 9.90 Å². The highest BCUT2D eigenvalue weighted by atomic mass is 79.9. The van der Waals surface area contributed by atoms with Crippen molar-refractivity contribution >= 4 is 45.4 Å². The quantitative estimate of drug-likeness (QED) is 0.638. The molecule has 0 saturated carbocycles. The van der Waals surface area contributed by atoms with E-state index in [4.69, 9.17) is 16.7 Å². The van der Waals surface area contributed by atoms with Crippen LogP contribution in [0.25, 0.3) is 0 Å². The number of hydrogen-bond acceptors (Lipinski definition) is 3. The largest absolute Gasteiger partial charge is 0.478 e. The first kappa shape index (κ1) is 14.6. The number of anilines is 1. The zero-order valence-corrected chi connectivity index (χ0v) is 12.5. The van der Waals surface area contributed by atoms with Crippen LogP contribution in [0.2, 0.25) is 5.02 Å². The van der Waals surface area contributed by atoms with E-state index in [1.165, 1.54) is 12.1 Å². The Labute approximate surface area is 129 Å². The van der Waals surface area contributed by atoms with Crippen LogP contribution < -0.4 is 5.43 Å². The van der Waals surface area contributed by atoms with Crippen LogP contribution in [-0.2, 0) is 0 Å². The van der Waals surface area contributed by atoms with Crippen molar-refractivity contribution in [1.29, 1.82) is 0 Å². The molecule has 2 N–H and O–H groups in total. The second kappa shape index (κ2) is 6.54. The molecule has 0 atom stereocenters. The van der Waals surface area contributed by atoms with Gasteiger partial charge in [0.15, 0.2) is 0 Å². The molecule has 0 bridgehead atoms. The Bertz CT molecular complexity index is 674. The lowest BCUT2D eigenvalue weighted by molar-refractivity contribution is 0.0697. The Morgan fingerprint density at radius 1 is 1.30 bits per heavy atom. The maximum atomic E-state index is 11.0. The molecule has 0 aromatic heterocycles. The molecule has 0 aliphatic rings. The van der Waals surface area contributed by atoms with Crippen molar-refractivity contribution in [2.24, 2.45) is 5.10 Å². The third kappa shape index (κ3) is 3.82. The zero-order chi connectivity index (χ0) is 14.5. The Hall–Kier alpha value is -1.85. The Kier molecular flexibility index (Phi) is 4.76. The van der Waals surface area contributed by atoms with E-state index in [9.17, 15) is 4.79 Å². The van der Waals surface area contributed by atoms with Gasteiger partial charge in [0.2, 0.25) is 0 Å². The summed E-state index contributed by atoms with van der Waals surface area (Å²) in [4.78, 5) is 11.0. The van der Waals surface area contributed by atoms with Gasteiger partial charge >= 0.3 is 5.97 Å². The van der Waals surface area contributed by atoms with Gasteiger partial charge in [0.1, 0.15) is 0 Å². The van der Waals surface area contributed by atoms with Crippen LogP contribution in [0.1, 0.15) is 15.9 Å². The number of nitrogens with zero attached hydrogens (tertiary/aromatic N) is 1. The van der Waals surface area contributed by atoms with Gasteiger partial charge in [0.25, 0.3) is 0 Å². The van der Waals surface area contributed by atoms with Crippen LogP contribution in [-0.4, -0.2) is 17.3 Å². The number of benzene rings is 2. The van der Waals surface area contributed by atoms with Crippen LogP contribution in [0.5, 0.6) is 0 Å². The molecule has 102 valence electrons. The Balaban J connectivity index is 2.11. The van der Waals surface area contributed by atoms with E-state index in [1.54, 1.807) is 12.3 Å². The van der Waals surface area contributed by atoms with Gasteiger partial charge in [-0.1, -0.05) is 39.7 Å². The van der Waals surface area contributed by atoms with Crippen LogP contribution in [0.4, 0.5) is 5.69 Å². The van der Waals surface area contributed by atoms with Gasteiger partial charge in [-0.05, 0) is 35.9 Å². The van der Waals surface area contributed by atoms with Crippen molar-refractivity contribution in [2.45, 2.75) is 0 Å². The first-order valence-electron chi connectivity index (χ1n) is 5.64. The molecule has 20 heavy (non-hydrogen) atoms. The molecular formula is C14H10BrClN2O2. The molecule has 2 aromatic carbocycles. The average molecular weight is 354 g/mol. The first-order valence-corrected chi connectivity index (χ1v) is 6.81. The lowest BCUT2D eigenvalue weighted by atomic mass is 10.2. The second-order valence-corrected chi connectivity index (χ2v) is 5.25. The smallest absolute Gasteiger partial charge is 0.337 e. The zero-order valence-electron chi connectivity index (χ0n) is 10.2. The van der Waals surface area contributed by atoms with E-state index in [0.717, 1.165) is 10.0 Å². The lowest BCUT2D eigenvalue weighted by Crippen LogP contribution is -1.99. The van der Waals surface area contributed by atoms with Crippen LogP contribution >= 0.6 is 27.5 Å². The summed E-state index contributed by atoms with van der Waals surface area (Å²) >= 11 is 9.16. The predicted molar refractivity (Wildman–Crippen MR) is 83.8 cm³/mol. The number of carboxylic acids is 1. The summed E-state index contributed by atoms with van der Waals surface area (Å²) in [7, 11) is 0. The van der Waals surface area contributed by atoms with Gasteiger partial charge in [0, 0.05) is 4.47 Å². The molecule has 0 aliphatic carbocycles. The highest BCUT2D eigenvalue weighted by molar-refractivity contribution is 9.10. The van der Waals surface area contributed by atoms with Crippen molar-refractivity contribution in [1.82, 2.24) is 0 Å². The van der Waals surface area contributed by atoms with E-state index in [-0.39, 0.29) is 10.6 Å². The Morgan fingerprint density at radius 3 is 2.80 bits per heavy atom. The fraction of sp³-hybridized carbons (Fsp3) is 0. The monoisotopic (exact) mass is 352 g/mol. The van der Waals surface area contributed by atoms with E-state index in [0.29, 0.717) is 5.69 Å². The number of rotatable bonds is 4. The lowest BCUT2D eigenvalue weighted by Gasteiger charge is -2.03. The summed E-state index contributed by atoms with van der Waals surface area (Å²) in [5.41, 5.74) is 4.27. The Morgan fingerprint density at radius 2 is 2.10 bits per heavy atom. The standard InChI is InChI=1S/C14H10BrClN2O2/c15-10-3-1-2-9(6-10)8-17-18-11-4-5-13(16)12(7-11)14(19)20/h1-8,18H,(H,19,20)/b17-8+. The number of hydrogen-bond donors (Lipinski definition) is 2. The maximum Gasteiger partial charge on any atom is 0.337 e. The van der Waals surface area contributed by atoms with Crippen molar-refractivity contribution in [3.8, 4) is 0 Å². The molecule has 0 radical (unpaired) electrons. The molecule has 2 aromatic rings.